The largest absolute Gasteiger partial charge is 0.453 e. The third-order valence-corrected chi connectivity index (χ3v) is 8.30. The smallest absolute Gasteiger partial charge is 0.228 e. The van der Waals surface area contributed by atoms with Gasteiger partial charge in [0.15, 0.2) is 25.4 Å². The monoisotopic (exact) mass is 530 g/mol. The molecule has 0 amide bonds. The number of ketones is 1. The first-order valence-electron chi connectivity index (χ1n) is 11.3. The Balaban J connectivity index is 1.43. The van der Waals surface area contributed by atoms with Crippen LogP contribution in [-0.4, -0.2) is 35.1 Å². The van der Waals surface area contributed by atoms with Crippen molar-refractivity contribution in [1.29, 1.82) is 0 Å². The Labute approximate surface area is 215 Å². The third kappa shape index (κ3) is 5.12. The molecule has 0 aliphatic carbocycles. The molecule has 0 saturated heterocycles. The molecule has 5 aromatic rings. The molecule has 0 aliphatic rings. The second-order valence-corrected chi connectivity index (χ2v) is 12.9. The van der Waals surface area contributed by atoms with Gasteiger partial charge in [0.25, 0.3) is 0 Å². The van der Waals surface area contributed by atoms with Crippen LogP contribution in [0.4, 0.5) is 0 Å². The maximum atomic E-state index is 13.1. The van der Waals surface area contributed by atoms with Gasteiger partial charge in [-0.25, -0.2) is 16.8 Å². The van der Waals surface area contributed by atoms with Crippen molar-refractivity contribution in [3.63, 3.8) is 0 Å². The lowest BCUT2D eigenvalue weighted by Crippen LogP contribution is -1.99. The summed E-state index contributed by atoms with van der Waals surface area (Å²) in [6.45, 7) is 0. The standard InChI is InChI=1S/C29H22O6S2/c1-36(31,32)25-7-3-5-21(16-25)19-9-11-20(12-10-19)29(30)28-18-24-15-23(13-14-27(24)35-28)22-6-4-8-26(17-22)37(2,33)34/h3-18H,1-2H3. The number of carbonyl (C=O) groups is 1. The van der Waals surface area contributed by atoms with Crippen LogP contribution in [0, 0.1) is 0 Å². The second kappa shape index (κ2) is 9.14. The van der Waals surface area contributed by atoms with E-state index in [-0.39, 0.29) is 21.3 Å². The van der Waals surface area contributed by atoms with E-state index in [0.29, 0.717) is 11.1 Å². The van der Waals surface area contributed by atoms with Crippen LogP contribution in [-0.2, 0) is 19.7 Å². The molecule has 0 bridgehead atoms. The van der Waals surface area contributed by atoms with E-state index in [1.165, 1.54) is 6.26 Å². The molecule has 0 radical (unpaired) electrons. The number of benzene rings is 4. The fourth-order valence-electron chi connectivity index (χ4n) is 4.10. The van der Waals surface area contributed by atoms with Crippen LogP contribution in [0.25, 0.3) is 33.2 Å². The molecular weight excluding hydrogens is 508 g/mol. The van der Waals surface area contributed by atoms with Gasteiger partial charge in [0.1, 0.15) is 5.58 Å². The lowest BCUT2D eigenvalue weighted by Gasteiger charge is -2.05. The molecule has 0 N–H and O–H groups in total. The van der Waals surface area contributed by atoms with Crippen molar-refractivity contribution in [2.24, 2.45) is 0 Å². The van der Waals surface area contributed by atoms with Crippen LogP contribution in [0.1, 0.15) is 16.1 Å². The van der Waals surface area contributed by atoms with Crippen molar-refractivity contribution in [1.82, 2.24) is 0 Å². The summed E-state index contributed by atoms with van der Waals surface area (Å²) in [7, 11) is -6.66. The Morgan fingerprint density at radius 1 is 0.595 bits per heavy atom. The van der Waals surface area contributed by atoms with Gasteiger partial charge in [0.05, 0.1) is 9.79 Å². The van der Waals surface area contributed by atoms with Gasteiger partial charge in [-0.05, 0) is 64.7 Å². The lowest BCUT2D eigenvalue weighted by molar-refractivity contribution is 0.101. The Hall–Kier alpha value is -4.01. The lowest BCUT2D eigenvalue weighted by atomic mass is 10.0. The maximum Gasteiger partial charge on any atom is 0.228 e. The molecule has 8 heteroatoms. The normalized spacial score (nSPS) is 12.1. The zero-order chi connectivity index (χ0) is 26.4. The Kier molecular flexibility index (Phi) is 6.09. The van der Waals surface area contributed by atoms with Crippen molar-refractivity contribution in [3.8, 4) is 22.3 Å². The summed E-state index contributed by atoms with van der Waals surface area (Å²) in [6, 6.07) is 27.4. The van der Waals surface area contributed by atoms with Crippen molar-refractivity contribution in [2.75, 3.05) is 12.5 Å². The van der Waals surface area contributed by atoms with Crippen LogP contribution in [0.3, 0.4) is 0 Å². The van der Waals surface area contributed by atoms with E-state index >= 15 is 0 Å². The highest BCUT2D eigenvalue weighted by Gasteiger charge is 2.16. The van der Waals surface area contributed by atoms with Gasteiger partial charge in [-0.15, -0.1) is 0 Å². The predicted molar refractivity (Wildman–Crippen MR) is 143 cm³/mol. The van der Waals surface area contributed by atoms with E-state index in [9.17, 15) is 21.6 Å². The summed E-state index contributed by atoms with van der Waals surface area (Å²) in [4.78, 5) is 13.6. The average molecular weight is 531 g/mol. The van der Waals surface area contributed by atoms with Gasteiger partial charge in [-0.3, -0.25) is 4.79 Å². The molecule has 0 aliphatic heterocycles. The zero-order valence-electron chi connectivity index (χ0n) is 20.0. The van der Waals surface area contributed by atoms with Gasteiger partial charge < -0.3 is 4.42 Å². The van der Waals surface area contributed by atoms with E-state index in [2.05, 4.69) is 0 Å². The molecule has 37 heavy (non-hydrogen) atoms. The molecule has 5 rings (SSSR count). The van der Waals surface area contributed by atoms with Crippen molar-refractivity contribution >= 4 is 36.4 Å². The summed E-state index contributed by atoms with van der Waals surface area (Å²) in [5.74, 6) is -0.0999. The quantitative estimate of drug-likeness (QED) is 0.257. The van der Waals surface area contributed by atoms with Crippen LogP contribution in [0.15, 0.2) is 111 Å². The number of hydrogen-bond acceptors (Lipinski definition) is 6. The first-order chi connectivity index (χ1) is 17.5. The molecule has 186 valence electrons. The molecule has 0 unspecified atom stereocenters. The molecule has 0 saturated carbocycles. The molecule has 0 fully saturated rings. The summed E-state index contributed by atoms with van der Waals surface area (Å²) >= 11 is 0. The number of furan rings is 1. The zero-order valence-corrected chi connectivity index (χ0v) is 21.6. The molecule has 1 heterocycles. The van der Waals surface area contributed by atoms with Gasteiger partial charge in [0, 0.05) is 23.5 Å². The number of sulfone groups is 2. The molecule has 4 aromatic carbocycles. The summed E-state index contributed by atoms with van der Waals surface area (Å²) in [5.41, 5.74) is 4.04. The van der Waals surface area contributed by atoms with Crippen LogP contribution in [0.5, 0.6) is 0 Å². The van der Waals surface area contributed by atoms with E-state index in [4.69, 9.17) is 4.42 Å². The average Bonchev–Trinajstić information content (AvgIpc) is 3.31. The number of rotatable bonds is 6. The minimum absolute atomic E-state index is 0.184. The van der Waals surface area contributed by atoms with Gasteiger partial charge in [-0.2, -0.15) is 0 Å². The van der Waals surface area contributed by atoms with Gasteiger partial charge in [-0.1, -0.05) is 54.6 Å². The number of fused-ring (bicyclic) bond motifs is 1. The summed E-state index contributed by atoms with van der Waals surface area (Å²) in [5, 5.41) is 0.722. The third-order valence-electron chi connectivity index (χ3n) is 6.08. The van der Waals surface area contributed by atoms with Crippen molar-refractivity contribution in [2.45, 2.75) is 9.79 Å². The van der Waals surface area contributed by atoms with Crippen LogP contribution < -0.4 is 0 Å². The number of carbonyl (C=O) groups excluding carboxylic acids is 1. The highest BCUT2D eigenvalue weighted by Crippen LogP contribution is 2.30. The van der Waals surface area contributed by atoms with E-state index in [1.54, 1.807) is 72.8 Å². The van der Waals surface area contributed by atoms with E-state index in [0.717, 1.165) is 33.9 Å². The summed E-state index contributed by atoms with van der Waals surface area (Å²) < 4.78 is 53.4. The summed E-state index contributed by atoms with van der Waals surface area (Å²) in [6.07, 6.45) is 2.33. The van der Waals surface area contributed by atoms with Crippen LogP contribution in [0.2, 0.25) is 0 Å². The molecule has 0 atom stereocenters. The highest BCUT2D eigenvalue weighted by molar-refractivity contribution is 7.91. The Morgan fingerprint density at radius 3 is 1.68 bits per heavy atom. The molecular formula is C29H22O6S2. The molecule has 0 spiro atoms. The topological polar surface area (TPSA) is 98.5 Å². The SMILES string of the molecule is CS(=O)(=O)c1cccc(-c2ccc(C(=O)c3cc4cc(-c5cccc(S(C)(=O)=O)c5)ccc4o3)cc2)c1. The minimum atomic E-state index is -3.33. The first kappa shape index (κ1) is 24.7. The molecule has 6 nitrogen and oxygen atoms in total. The fraction of sp³-hybridized carbons (Fsp3) is 0.0690. The van der Waals surface area contributed by atoms with E-state index in [1.807, 2.05) is 24.3 Å². The van der Waals surface area contributed by atoms with Gasteiger partial charge >= 0.3 is 0 Å². The van der Waals surface area contributed by atoms with Gasteiger partial charge in [0.2, 0.25) is 5.78 Å². The Bertz CT molecular complexity index is 1880. The predicted octanol–water partition coefficient (Wildman–Crippen LogP) is 5.80. The van der Waals surface area contributed by atoms with Crippen molar-refractivity contribution < 1.29 is 26.0 Å². The highest BCUT2D eigenvalue weighted by atomic mass is 32.2. The molecule has 1 aromatic heterocycles. The van der Waals surface area contributed by atoms with E-state index < -0.39 is 19.7 Å². The number of hydrogen-bond donors (Lipinski definition) is 0. The van der Waals surface area contributed by atoms with Crippen LogP contribution >= 0.6 is 0 Å². The second-order valence-electron chi connectivity index (χ2n) is 8.87. The maximum absolute atomic E-state index is 13.1. The van der Waals surface area contributed by atoms with Crippen molar-refractivity contribution in [3.05, 3.63) is 108 Å². The fourth-order valence-corrected chi connectivity index (χ4v) is 5.44. The first-order valence-corrected chi connectivity index (χ1v) is 15.1. The minimum Gasteiger partial charge on any atom is -0.453 e. The Morgan fingerprint density at radius 2 is 1.11 bits per heavy atom.